The maximum atomic E-state index is 10.6. The number of hydrogen-bond acceptors (Lipinski definition) is 1. The Hall–Kier alpha value is -0.820. The van der Waals surface area contributed by atoms with Gasteiger partial charge in [0.2, 0.25) is 0 Å². The largest absolute Gasteiger partial charge is 0.385 e. The molecule has 0 aliphatic heterocycles. The van der Waals surface area contributed by atoms with Crippen molar-refractivity contribution < 1.29 is 5.11 Å². The summed E-state index contributed by atoms with van der Waals surface area (Å²) in [6.45, 7) is 4.26. The zero-order valence-electron chi connectivity index (χ0n) is 9.87. The van der Waals surface area contributed by atoms with Gasteiger partial charge in [-0.2, -0.15) is 0 Å². The van der Waals surface area contributed by atoms with Crippen LogP contribution in [0.5, 0.6) is 0 Å². The summed E-state index contributed by atoms with van der Waals surface area (Å²) in [5, 5.41) is 10.6. The minimum absolute atomic E-state index is 0.581. The zero-order valence-corrected chi connectivity index (χ0v) is 9.87. The standard InChI is InChI=1S/C14H22O/c1-3-11-14(15,12-4-2)13-9-7-5-6-8-10-13/h5-9,15H,3-4,10-12H2,1-2H3. The van der Waals surface area contributed by atoms with Gasteiger partial charge in [-0.25, -0.2) is 0 Å². The highest BCUT2D eigenvalue weighted by Crippen LogP contribution is 2.31. The van der Waals surface area contributed by atoms with Crippen LogP contribution < -0.4 is 0 Å². The fourth-order valence-electron chi connectivity index (χ4n) is 2.20. The lowest BCUT2D eigenvalue weighted by Gasteiger charge is -2.30. The van der Waals surface area contributed by atoms with Crippen molar-refractivity contribution in [3.63, 3.8) is 0 Å². The molecule has 0 spiro atoms. The van der Waals surface area contributed by atoms with Gasteiger partial charge in [0.25, 0.3) is 0 Å². The topological polar surface area (TPSA) is 20.2 Å². The summed E-state index contributed by atoms with van der Waals surface area (Å²) in [6, 6.07) is 0. The maximum absolute atomic E-state index is 10.6. The van der Waals surface area contributed by atoms with Crippen LogP contribution in [0.15, 0.2) is 36.0 Å². The molecule has 0 bridgehead atoms. The third-order valence-electron chi connectivity index (χ3n) is 2.92. The number of allylic oxidation sites excluding steroid dienone is 5. The van der Waals surface area contributed by atoms with Crippen LogP contribution in [-0.4, -0.2) is 10.7 Å². The summed E-state index contributed by atoms with van der Waals surface area (Å²) in [4.78, 5) is 0. The van der Waals surface area contributed by atoms with Gasteiger partial charge >= 0.3 is 0 Å². The van der Waals surface area contributed by atoms with E-state index in [1.54, 1.807) is 0 Å². The van der Waals surface area contributed by atoms with E-state index in [0.29, 0.717) is 0 Å². The van der Waals surface area contributed by atoms with Crippen molar-refractivity contribution in [2.24, 2.45) is 0 Å². The lowest BCUT2D eigenvalue weighted by Crippen LogP contribution is -2.30. The minimum Gasteiger partial charge on any atom is -0.385 e. The van der Waals surface area contributed by atoms with E-state index in [-0.39, 0.29) is 0 Å². The van der Waals surface area contributed by atoms with E-state index >= 15 is 0 Å². The first-order valence-corrected chi connectivity index (χ1v) is 5.98. The molecule has 1 aliphatic rings. The third-order valence-corrected chi connectivity index (χ3v) is 2.92. The van der Waals surface area contributed by atoms with Crippen LogP contribution in [0.2, 0.25) is 0 Å². The molecule has 1 nitrogen and oxygen atoms in total. The highest BCUT2D eigenvalue weighted by Gasteiger charge is 2.28. The smallest absolute Gasteiger partial charge is 0.0862 e. The number of rotatable bonds is 5. The zero-order chi connectivity index (χ0) is 11.1. The van der Waals surface area contributed by atoms with Crippen molar-refractivity contribution >= 4 is 0 Å². The Bertz CT molecular complexity index is 265. The van der Waals surface area contributed by atoms with Gasteiger partial charge in [0.15, 0.2) is 0 Å². The molecular formula is C14H22O. The summed E-state index contributed by atoms with van der Waals surface area (Å²) < 4.78 is 0. The molecule has 0 aromatic carbocycles. The first kappa shape index (κ1) is 12.3. The van der Waals surface area contributed by atoms with Crippen molar-refractivity contribution in [2.75, 3.05) is 0 Å². The summed E-state index contributed by atoms with van der Waals surface area (Å²) in [6.07, 6.45) is 15.0. The SMILES string of the molecule is CCCC(O)(CCC)C1=CC=CC=CC1. The molecule has 1 rings (SSSR count). The summed E-state index contributed by atoms with van der Waals surface area (Å²) >= 11 is 0. The molecule has 1 heteroatoms. The van der Waals surface area contributed by atoms with Gasteiger partial charge in [-0.3, -0.25) is 0 Å². The Morgan fingerprint density at radius 1 is 1.13 bits per heavy atom. The molecule has 0 aromatic rings. The molecule has 0 saturated carbocycles. The van der Waals surface area contributed by atoms with E-state index in [4.69, 9.17) is 0 Å². The summed E-state index contributed by atoms with van der Waals surface area (Å²) in [5.74, 6) is 0. The van der Waals surface area contributed by atoms with Crippen LogP contribution in [0, 0.1) is 0 Å². The predicted molar refractivity (Wildman–Crippen MR) is 65.7 cm³/mol. The van der Waals surface area contributed by atoms with Gasteiger partial charge in [-0.05, 0) is 24.8 Å². The molecule has 0 unspecified atom stereocenters. The second-order valence-electron chi connectivity index (χ2n) is 4.24. The van der Waals surface area contributed by atoms with Crippen LogP contribution in [0.25, 0.3) is 0 Å². The molecule has 0 fully saturated rings. The number of aliphatic hydroxyl groups is 1. The first-order chi connectivity index (χ1) is 7.23. The Morgan fingerprint density at radius 3 is 2.40 bits per heavy atom. The van der Waals surface area contributed by atoms with E-state index in [0.717, 1.165) is 37.7 Å². The van der Waals surface area contributed by atoms with Crippen LogP contribution in [-0.2, 0) is 0 Å². The monoisotopic (exact) mass is 206 g/mol. The Balaban J connectivity index is 2.82. The average molecular weight is 206 g/mol. The second kappa shape index (κ2) is 5.92. The highest BCUT2D eigenvalue weighted by atomic mass is 16.3. The molecule has 0 amide bonds. The fraction of sp³-hybridized carbons (Fsp3) is 0.571. The van der Waals surface area contributed by atoms with Gasteiger partial charge < -0.3 is 5.11 Å². The van der Waals surface area contributed by atoms with Crippen LogP contribution in [0.3, 0.4) is 0 Å². The van der Waals surface area contributed by atoms with Crippen LogP contribution >= 0.6 is 0 Å². The van der Waals surface area contributed by atoms with Crippen LogP contribution in [0.4, 0.5) is 0 Å². The third kappa shape index (κ3) is 3.35. The van der Waals surface area contributed by atoms with E-state index in [1.165, 1.54) is 0 Å². The molecule has 1 N–H and O–H groups in total. The van der Waals surface area contributed by atoms with E-state index in [9.17, 15) is 5.11 Å². The summed E-state index contributed by atoms with van der Waals surface area (Å²) in [5.41, 5.74) is 0.582. The van der Waals surface area contributed by atoms with Crippen molar-refractivity contribution in [1.82, 2.24) is 0 Å². The molecule has 84 valence electrons. The van der Waals surface area contributed by atoms with Crippen molar-refractivity contribution in [1.29, 1.82) is 0 Å². The van der Waals surface area contributed by atoms with Crippen molar-refractivity contribution in [2.45, 2.75) is 51.6 Å². The molecule has 0 atom stereocenters. The van der Waals surface area contributed by atoms with E-state index in [1.807, 2.05) is 18.2 Å². The number of hydrogen-bond donors (Lipinski definition) is 1. The van der Waals surface area contributed by atoms with Crippen LogP contribution in [0.1, 0.15) is 46.0 Å². The minimum atomic E-state index is -0.581. The van der Waals surface area contributed by atoms with Gasteiger partial charge in [-0.15, -0.1) is 0 Å². The van der Waals surface area contributed by atoms with Gasteiger partial charge in [0.1, 0.15) is 0 Å². The predicted octanol–water partition coefficient (Wildman–Crippen LogP) is 3.76. The molecule has 0 heterocycles. The van der Waals surface area contributed by atoms with Gasteiger partial charge in [-0.1, -0.05) is 57.1 Å². The Kier molecular flexibility index (Phi) is 4.83. The quantitative estimate of drug-likeness (QED) is 0.726. The molecule has 1 aliphatic carbocycles. The Morgan fingerprint density at radius 2 is 1.80 bits per heavy atom. The maximum Gasteiger partial charge on any atom is 0.0862 e. The summed E-state index contributed by atoms with van der Waals surface area (Å²) in [7, 11) is 0. The van der Waals surface area contributed by atoms with E-state index < -0.39 is 5.60 Å². The first-order valence-electron chi connectivity index (χ1n) is 5.98. The molecular weight excluding hydrogens is 184 g/mol. The second-order valence-corrected chi connectivity index (χ2v) is 4.24. The Labute approximate surface area is 93.2 Å². The molecule has 0 saturated heterocycles. The molecule has 0 aromatic heterocycles. The van der Waals surface area contributed by atoms with Crippen molar-refractivity contribution in [3.05, 3.63) is 36.0 Å². The molecule has 0 radical (unpaired) electrons. The average Bonchev–Trinajstić information content (AvgIpc) is 2.46. The molecule has 15 heavy (non-hydrogen) atoms. The lowest BCUT2D eigenvalue weighted by atomic mass is 9.83. The highest BCUT2D eigenvalue weighted by molar-refractivity contribution is 5.29. The van der Waals surface area contributed by atoms with Crippen molar-refractivity contribution in [3.8, 4) is 0 Å². The fourth-order valence-corrected chi connectivity index (χ4v) is 2.20. The van der Waals surface area contributed by atoms with Gasteiger partial charge in [0, 0.05) is 0 Å². The normalized spacial score (nSPS) is 16.3. The van der Waals surface area contributed by atoms with Gasteiger partial charge in [0.05, 0.1) is 5.60 Å². The lowest BCUT2D eigenvalue weighted by molar-refractivity contribution is 0.0564. The van der Waals surface area contributed by atoms with E-state index in [2.05, 4.69) is 26.0 Å².